The lowest BCUT2D eigenvalue weighted by molar-refractivity contribution is -0.137. The Kier molecular flexibility index (Phi) is 2.93. The third-order valence-electron chi connectivity index (χ3n) is 2.79. The second kappa shape index (κ2) is 3.55. The van der Waals surface area contributed by atoms with E-state index < -0.39 is 12.6 Å². The minimum absolute atomic E-state index is 0.000694. The lowest BCUT2D eigenvalue weighted by Crippen LogP contribution is -2.10. The summed E-state index contributed by atoms with van der Waals surface area (Å²) >= 11 is 0. The van der Waals surface area contributed by atoms with Crippen LogP contribution in [0.5, 0.6) is 0 Å². The second-order valence-electron chi connectivity index (χ2n) is 4.68. The van der Waals surface area contributed by atoms with Crippen LogP contribution in [0, 0.1) is 11.3 Å². The first-order valence-electron chi connectivity index (χ1n) is 4.82. The topological polar surface area (TPSA) is 17.1 Å². The third kappa shape index (κ3) is 3.31. The van der Waals surface area contributed by atoms with Crippen molar-refractivity contribution in [2.75, 3.05) is 0 Å². The van der Waals surface area contributed by atoms with E-state index in [1.165, 1.54) is 0 Å². The van der Waals surface area contributed by atoms with E-state index in [0.29, 0.717) is 0 Å². The molecule has 0 aromatic carbocycles. The highest BCUT2D eigenvalue weighted by Crippen LogP contribution is 2.52. The number of rotatable bonds is 4. The molecule has 1 aliphatic rings. The van der Waals surface area contributed by atoms with E-state index in [0.717, 1.165) is 6.42 Å². The fourth-order valence-corrected chi connectivity index (χ4v) is 1.65. The molecule has 0 aromatic heterocycles. The van der Waals surface area contributed by atoms with Crippen LogP contribution in [0.4, 0.5) is 13.2 Å². The van der Waals surface area contributed by atoms with Crippen molar-refractivity contribution in [2.45, 2.75) is 45.7 Å². The Morgan fingerprint density at radius 3 is 2.29 bits per heavy atom. The summed E-state index contributed by atoms with van der Waals surface area (Å²) in [6.07, 6.45) is -4.12. The van der Waals surface area contributed by atoms with Gasteiger partial charge in [0.1, 0.15) is 5.78 Å². The number of Topliss-reactive ketones (excluding diaryl/α,β-unsaturated/α-hetero) is 1. The fourth-order valence-electron chi connectivity index (χ4n) is 1.65. The van der Waals surface area contributed by atoms with Gasteiger partial charge >= 0.3 is 6.18 Å². The molecule has 1 aliphatic carbocycles. The van der Waals surface area contributed by atoms with Crippen molar-refractivity contribution in [1.82, 2.24) is 0 Å². The van der Waals surface area contributed by atoms with Gasteiger partial charge in [0.05, 0.1) is 0 Å². The summed E-state index contributed by atoms with van der Waals surface area (Å²) < 4.78 is 35.3. The van der Waals surface area contributed by atoms with Gasteiger partial charge in [0.2, 0.25) is 0 Å². The van der Waals surface area contributed by atoms with Gasteiger partial charge in [-0.2, -0.15) is 13.2 Å². The molecule has 4 heteroatoms. The second-order valence-corrected chi connectivity index (χ2v) is 4.68. The van der Waals surface area contributed by atoms with Gasteiger partial charge in [-0.1, -0.05) is 13.8 Å². The van der Waals surface area contributed by atoms with Gasteiger partial charge in [-0.25, -0.2) is 0 Å². The first-order valence-corrected chi connectivity index (χ1v) is 4.82. The first kappa shape index (κ1) is 11.5. The molecule has 1 unspecified atom stereocenters. The molecule has 0 heterocycles. The van der Waals surface area contributed by atoms with Crippen LogP contribution in [-0.2, 0) is 4.79 Å². The monoisotopic (exact) mass is 208 g/mol. The van der Waals surface area contributed by atoms with Crippen molar-refractivity contribution in [3.63, 3.8) is 0 Å². The van der Waals surface area contributed by atoms with E-state index in [1.807, 2.05) is 13.8 Å². The molecule has 1 atom stereocenters. The molecule has 0 aromatic rings. The number of hydrogen-bond acceptors (Lipinski definition) is 1. The Morgan fingerprint density at radius 2 is 1.93 bits per heavy atom. The zero-order chi connectivity index (χ0) is 11.0. The van der Waals surface area contributed by atoms with Gasteiger partial charge in [-0.15, -0.1) is 0 Å². The molecule has 0 saturated heterocycles. The summed E-state index contributed by atoms with van der Waals surface area (Å²) in [6, 6.07) is 0. The molecule has 0 spiro atoms. The molecular weight excluding hydrogens is 193 g/mol. The first-order chi connectivity index (χ1) is 6.22. The van der Waals surface area contributed by atoms with Crippen LogP contribution in [-0.4, -0.2) is 12.0 Å². The highest BCUT2D eigenvalue weighted by molar-refractivity contribution is 5.84. The maximum absolute atomic E-state index is 11.8. The zero-order valence-electron chi connectivity index (χ0n) is 8.45. The van der Waals surface area contributed by atoms with Crippen LogP contribution < -0.4 is 0 Å². The summed E-state index contributed by atoms with van der Waals surface area (Å²) in [7, 11) is 0. The van der Waals surface area contributed by atoms with Crippen molar-refractivity contribution in [2.24, 2.45) is 11.3 Å². The summed E-state index contributed by atoms with van der Waals surface area (Å²) in [6.45, 7) is 3.94. The highest BCUT2D eigenvalue weighted by atomic mass is 19.4. The van der Waals surface area contributed by atoms with E-state index >= 15 is 0 Å². The zero-order valence-corrected chi connectivity index (χ0v) is 8.45. The number of carbonyl (C=O) groups excluding carboxylic acids is 1. The molecular formula is C10H15F3O. The van der Waals surface area contributed by atoms with Gasteiger partial charge in [0, 0.05) is 18.8 Å². The highest BCUT2D eigenvalue weighted by Gasteiger charge is 2.49. The van der Waals surface area contributed by atoms with Crippen molar-refractivity contribution in [3.05, 3.63) is 0 Å². The maximum Gasteiger partial charge on any atom is 0.389 e. The fraction of sp³-hybridized carbons (Fsp3) is 0.900. The molecule has 1 fully saturated rings. The predicted molar refractivity (Wildman–Crippen MR) is 46.8 cm³/mol. The summed E-state index contributed by atoms with van der Waals surface area (Å²) in [5.74, 6) is 0.00924. The van der Waals surface area contributed by atoms with Crippen LogP contribution in [0.3, 0.4) is 0 Å². The molecule has 1 saturated carbocycles. The van der Waals surface area contributed by atoms with Gasteiger partial charge in [-0.3, -0.25) is 4.79 Å². The smallest absolute Gasteiger partial charge is 0.299 e. The van der Waals surface area contributed by atoms with Crippen LogP contribution >= 0.6 is 0 Å². The average molecular weight is 208 g/mol. The molecule has 0 N–H and O–H groups in total. The summed E-state index contributed by atoms with van der Waals surface area (Å²) in [5, 5.41) is 0. The van der Waals surface area contributed by atoms with Gasteiger partial charge in [0.25, 0.3) is 0 Å². The minimum atomic E-state index is -4.13. The largest absolute Gasteiger partial charge is 0.389 e. The van der Waals surface area contributed by atoms with Crippen molar-refractivity contribution < 1.29 is 18.0 Å². The average Bonchev–Trinajstić information content (AvgIpc) is 2.57. The number of ketones is 1. The normalized spacial score (nSPS) is 24.8. The van der Waals surface area contributed by atoms with E-state index in [1.54, 1.807) is 0 Å². The molecule has 14 heavy (non-hydrogen) atoms. The maximum atomic E-state index is 11.8. The lowest BCUT2D eigenvalue weighted by Gasteiger charge is -2.05. The minimum Gasteiger partial charge on any atom is -0.299 e. The Morgan fingerprint density at radius 1 is 1.43 bits per heavy atom. The lowest BCUT2D eigenvalue weighted by atomic mass is 10.0. The van der Waals surface area contributed by atoms with Crippen molar-refractivity contribution >= 4 is 5.78 Å². The summed E-state index contributed by atoms with van der Waals surface area (Å²) in [5.41, 5.74) is 0.0370. The van der Waals surface area contributed by atoms with Gasteiger partial charge in [-0.05, 0) is 18.3 Å². The van der Waals surface area contributed by atoms with E-state index in [-0.39, 0.29) is 30.0 Å². The quantitative estimate of drug-likeness (QED) is 0.692. The van der Waals surface area contributed by atoms with Crippen LogP contribution in [0.1, 0.15) is 39.5 Å². The van der Waals surface area contributed by atoms with Crippen LogP contribution in [0.2, 0.25) is 0 Å². The van der Waals surface area contributed by atoms with Crippen molar-refractivity contribution in [1.29, 1.82) is 0 Å². The number of hydrogen-bond donors (Lipinski definition) is 0. The Balaban J connectivity index is 2.18. The number of alkyl halides is 3. The molecule has 0 radical (unpaired) electrons. The molecule has 0 amide bonds. The molecule has 0 aliphatic heterocycles. The SMILES string of the molecule is CC1(C)CC1C(=O)CCCC(F)(F)F. The standard InChI is InChI=1S/C10H15F3O/c1-9(2)6-7(9)8(14)4-3-5-10(11,12)13/h7H,3-6H2,1-2H3. The number of halogens is 3. The Labute approximate surface area is 81.7 Å². The molecule has 1 nitrogen and oxygen atoms in total. The van der Waals surface area contributed by atoms with Gasteiger partial charge < -0.3 is 0 Å². The molecule has 0 bridgehead atoms. The predicted octanol–water partition coefficient (Wildman–Crippen LogP) is 3.33. The molecule has 1 rings (SSSR count). The Hall–Kier alpha value is -0.540. The van der Waals surface area contributed by atoms with Gasteiger partial charge in [0.15, 0.2) is 0 Å². The van der Waals surface area contributed by atoms with E-state index in [9.17, 15) is 18.0 Å². The van der Waals surface area contributed by atoms with Crippen LogP contribution in [0.15, 0.2) is 0 Å². The summed E-state index contributed by atoms with van der Waals surface area (Å²) in [4.78, 5) is 11.3. The Bertz CT molecular complexity index is 230. The molecule has 82 valence electrons. The van der Waals surface area contributed by atoms with Crippen LogP contribution in [0.25, 0.3) is 0 Å². The van der Waals surface area contributed by atoms with E-state index in [4.69, 9.17) is 0 Å². The number of carbonyl (C=O) groups is 1. The van der Waals surface area contributed by atoms with E-state index in [2.05, 4.69) is 0 Å². The van der Waals surface area contributed by atoms with Crippen molar-refractivity contribution in [3.8, 4) is 0 Å². The third-order valence-corrected chi connectivity index (χ3v) is 2.79.